The Bertz CT molecular complexity index is 535. The van der Waals surface area contributed by atoms with Crippen LogP contribution in [0.3, 0.4) is 0 Å². The van der Waals surface area contributed by atoms with Crippen molar-refractivity contribution in [1.29, 1.82) is 0 Å². The molecular formula is C11H11BrFN3OS. The topological polar surface area (TPSA) is 47.0 Å². The van der Waals surface area contributed by atoms with Gasteiger partial charge in [0.15, 0.2) is 5.01 Å². The van der Waals surface area contributed by atoms with E-state index in [4.69, 9.17) is 4.74 Å². The van der Waals surface area contributed by atoms with Gasteiger partial charge >= 0.3 is 0 Å². The molecule has 0 fully saturated rings. The van der Waals surface area contributed by atoms with Crippen molar-refractivity contribution in [2.24, 2.45) is 0 Å². The second-order valence-corrected chi connectivity index (χ2v) is 5.31. The maximum Gasteiger partial charge on any atom is 0.205 e. The van der Waals surface area contributed by atoms with Crippen molar-refractivity contribution in [2.75, 3.05) is 11.9 Å². The monoisotopic (exact) mass is 331 g/mol. The number of anilines is 1. The lowest BCUT2D eigenvalue weighted by Crippen LogP contribution is -1.95. The van der Waals surface area contributed by atoms with Gasteiger partial charge in [-0.2, -0.15) is 0 Å². The number of hydrogen-bond acceptors (Lipinski definition) is 5. The molecule has 0 saturated heterocycles. The highest BCUT2D eigenvalue weighted by molar-refractivity contribution is 9.10. The van der Waals surface area contributed by atoms with Gasteiger partial charge in [-0.15, -0.1) is 10.2 Å². The predicted octanol–water partition coefficient (Wildman–Crippen LogP) is 3.45. The lowest BCUT2D eigenvalue weighted by Gasteiger charge is -2.05. The Balaban J connectivity index is 1.97. The Labute approximate surface area is 116 Å². The van der Waals surface area contributed by atoms with Crippen molar-refractivity contribution in [1.82, 2.24) is 10.2 Å². The van der Waals surface area contributed by atoms with Gasteiger partial charge in [-0.25, -0.2) is 4.39 Å². The van der Waals surface area contributed by atoms with Crippen molar-refractivity contribution in [2.45, 2.75) is 13.5 Å². The average Bonchev–Trinajstić information content (AvgIpc) is 2.76. The fourth-order valence-electron chi connectivity index (χ4n) is 1.27. The summed E-state index contributed by atoms with van der Waals surface area (Å²) in [4.78, 5) is 0. The standard InChI is InChI=1S/C11H11BrFN3OS/c1-2-14-11-16-15-10(18-11)6-17-9-4-3-7(13)5-8(9)12/h3-5H,2,6H2,1H3,(H,14,16). The molecule has 1 aromatic heterocycles. The zero-order valence-electron chi connectivity index (χ0n) is 9.61. The van der Waals surface area contributed by atoms with Gasteiger partial charge in [-0.05, 0) is 41.1 Å². The molecule has 1 N–H and O–H groups in total. The summed E-state index contributed by atoms with van der Waals surface area (Å²) in [5.74, 6) is 0.274. The van der Waals surface area contributed by atoms with Crippen LogP contribution in [0.25, 0.3) is 0 Å². The number of benzene rings is 1. The van der Waals surface area contributed by atoms with E-state index in [1.54, 1.807) is 6.07 Å². The first kappa shape index (κ1) is 13.2. The van der Waals surface area contributed by atoms with Crippen molar-refractivity contribution in [3.63, 3.8) is 0 Å². The largest absolute Gasteiger partial charge is 0.485 e. The van der Waals surface area contributed by atoms with Crippen molar-refractivity contribution < 1.29 is 9.13 Å². The van der Waals surface area contributed by atoms with E-state index in [1.807, 2.05) is 6.92 Å². The molecule has 0 radical (unpaired) electrons. The van der Waals surface area contributed by atoms with Crippen LogP contribution < -0.4 is 10.1 Å². The highest BCUT2D eigenvalue weighted by atomic mass is 79.9. The minimum absolute atomic E-state index is 0.306. The van der Waals surface area contributed by atoms with Gasteiger partial charge in [0, 0.05) is 6.54 Å². The Morgan fingerprint density at radius 2 is 2.28 bits per heavy atom. The van der Waals surface area contributed by atoms with E-state index >= 15 is 0 Å². The van der Waals surface area contributed by atoms with Gasteiger partial charge in [0.2, 0.25) is 5.13 Å². The van der Waals surface area contributed by atoms with Crippen molar-refractivity contribution >= 4 is 32.4 Å². The molecule has 4 nitrogen and oxygen atoms in total. The molecule has 96 valence electrons. The number of rotatable bonds is 5. The molecule has 1 heterocycles. The van der Waals surface area contributed by atoms with E-state index in [9.17, 15) is 4.39 Å². The number of hydrogen-bond donors (Lipinski definition) is 1. The summed E-state index contributed by atoms with van der Waals surface area (Å²) >= 11 is 4.68. The zero-order valence-corrected chi connectivity index (χ0v) is 12.0. The molecule has 18 heavy (non-hydrogen) atoms. The van der Waals surface area contributed by atoms with Crippen LogP contribution >= 0.6 is 27.3 Å². The van der Waals surface area contributed by atoms with Gasteiger partial charge in [0.1, 0.15) is 18.2 Å². The SMILES string of the molecule is CCNc1nnc(COc2ccc(F)cc2Br)s1. The number of aromatic nitrogens is 2. The smallest absolute Gasteiger partial charge is 0.205 e. The molecule has 0 amide bonds. The van der Waals surface area contributed by atoms with Gasteiger partial charge in [-0.3, -0.25) is 0 Å². The molecule has 0 aliphatic carbocycles. The van der Waals surface area contributed by atoms with Gasteiger partial charge in [0.05, 0.1) is 4.47 Å². The lowest BCUT2D eigenvalue weighted by atomic mass is 10.3. The highest BCUT2D eigenvalue weighted by Crippen LogP contribution is 2.26. The van der Waals surface area contributed by atoms with Crippen LogP contribution in [0.2, 0.25) is 0 Å². The third-order valence-electron chi connectivity index (χ3n) is 2.04. The van der Waals surface area contributed by atoms with E-state index < -0.39 is 0 Å². The van der Waals surface area contributed by atoms with Crippen LogP contribution in [0.1, 0.15) is 11.9 Å². The van der Waals surface area contributed by atoms with E-state index in [-0.39, 0.29) is 5.82 Å². The quantitative estimate of drug-likeness (QED) is 0.911. The van der Waals surface area contributed by atoms with Crippen LogP contribution in [0.5, 0.6) is 5.75 Å². The number of ether oxygens (including phenoxy) is 1. The Kier molecular flexibility index (Phi) is 4.48. The second kappa shape index (κ2) is 6.10. The van der Waals surface area contributed by atoms with Crippen LogP contribution in [0.4, 0.5) is 9.52 Å². The van der Waals surface area contributed by atoms with Crippen molar-refractivity contribution in [3.8, 4) is 5.75 Å². The van der Waals surface area contributed by atoms with Gasteiger partial charge in [0.25, 0.3) is 0 Å². The minimum atomic E-state index is -0.306. The summed E-state index contributed by atoms with van der Waals surface area (Å²) in [6.07, 6.45) is 0. The lowest BCUT2D eigenvalue weighted by molar-refractivity contribution is 0.302. The van der Waals surface area contributed by atoms with E-state index in [0.29, 0.717) is 16.8 Å². The fraction of sp³-hybridized carbons (Fsp3) is 0.273. The molecule has 0 spiro atoms. The molecule has 0 unspecified atom stereocenters. The maximum atomic E-state index is 12.9. The Morgan fingerprint density at radius 3 is 3.00 bits per heavy atom. The van der Waals surface area contributed by atoms with E-state index in [1.165, 1.54) is 23.5 Å². The number of halogens is 2. The summed E-state index contributed by atoms with van der Waals surface area (Å²) in [6, 6.07) is 4.29. The number of nitrogens with zero attached hydrogens (tertiary/aromatic N) is 2. The molecule has 0 atom stereocenters. The molecule has 0 saturated carbocycles. The molecule has 7 heteroatoms. The van der Waals surface area contributed by atoms with Crippen LogP contribution in [0.15, 0.2) is 22.7 Å². The summed E-state index contributed by atoms with van der Waals surface area (Å²) in [5, 5.41) is 12.6. The molecule has 1 aromatic carbocycles. The molecule has 2 aromatic rings. The van der Waals surface area contributed by atoms with E-state index in [0.717, 1.165) is 16.7 Å². The fourth-order valence-corrected chi connectivity index (χ4v) is 2.45. The summed E-state index contributed by atoms with van der Waals surface area (Å²) in [6.45, 7) is 3.11. The van der Waals surface area contributed by atoms with Crippen LogP contribution in [-0.4, -0.2) is 16.7 Å². The van der Waals surface area contributed by atoms with Gasteiger partial charge < -0.3 is 10.1 Å². The van der Waals surface area contributed by atoms with Gasteiger partial charge in [-0.1, -0.05) is 11.3 Å². The summed E-state index contributed by atoms with van der Waals surface area (Å²) in [7, 11) is 0. The second-order valence-electron chi connectivity index (χ2n) is 3.39. The molecular weight excluding hydrogens is 321 g/mol. The van der Waals surface area contributed by atoms with Crippen molar-refractivity contribution in [3.05, 3.63) is 33.5 Å². The minimum Gasteiger partial charge on any atom is -0.485 e. The maximum absolute atomic E-state index is 12.9. The summed E-state index contributed by atoms with van der Waals surface area (Å²) in [5.41, 5.74) is 0. The molecule has 0 bridgehead atoms. The normalized spacial score (nSPS) is 10.4. The van der Waals surface area contributed by atoms with Crippen LogP contribution in [-0.2, 0) is 6.61 Å². The zero-order chi connectivity index (χ0) is 13.0. The third kappa shape index (κ3) is 3.39. The highest BCUT2D eigenvalue weighted by Gasteiger charge is 2.06. The molecule has 2 rings (SSSR count). The Hall–Kier alpha value is -1.21. The predicted molar refractivity (Wildman–Crippen MR) is 72.5 cm³/mol. The number of nitrogens with one attached hydrogen (secondary N) is 1. The third-order valence-corrected chi connectivity index (χ3v) is 3.51. The molecule has 0 aliphatic rings. The first-order valence-corrected chi connectivity index (χ1v) is 6.94. The first-order chi connectivity index (χ1) is 8.69. The summed E-state index contributed by atoms with van der Waals surface area (Å²) < 4.78 is 19.0. The first-order valence-electron chi connectivity index (χ1n) is 5.33. The molecule has 0 aliphatic heterocycles. The van der Waals surface area contributed by atoms with E-state index in [2.05, 4.69) is 31.4 Å². The van der Waals surface area contributed by atoms with Crippen LogP contribution in [0, 0.1) is 5.82 Å². The average molecular weight is 332 g/mol. The Morgan fingerprint density at radius 1 is 1.44 bits per heavy atom.